The number of hydrogen-bond donors (Lipinski definition) is 2. The molecule has 1 aromatic carbocycles. The molecule has 1 atom stereocenters. The molecule has 0 aromatic heterocycles. The van der Waals surface area contributed by atoms with Crippen molar-refractivity contribution in [3.8, 4) is 5.75 Å². The number of urea groups is 1. The lowest BCUT2D eigenvalue weighted by Crippen LogP contribution is -2.50. The zero-order valence-electron chi connectivity index (χ0n) is 12.7. The molecule has 8 heteroatoms. The van der Waals surface area contributed by atoms with Crippen LogP contribution in [0.15, 0.2) is 24.3 Å². The van der Waals surface area contributed by atoms with Crippen molar-refractivity contribution in [3.05, 3.63) is 24.3 Å². The number of rotatable bonds is 4. The lowest BCUT2D eigenvalue weighted by molar-refractivity contribution is 0.236. The van der Waals surface area contributed by atoms with E-state index in [1.807, 2.05) is 0 Å². The number of hydrogen-bond acceptors (Lipinski definition) is 4. The number of amides is 2. The number of ether oxygens (including phenoxy) is 1. The van der Waals surface area contributed by atoms with E-state index in [2.05, 4.69) is 10.6 Å². The van der Waals surface area contributed by atoms with Gasteiger partial charge in [-0.05, 0) is 25.0 Å². The minimum absolute atomic E-state index is 0.186. The van der Waals surface area contributed by atoms with E-state index in [1.165, 1.54) is 10.6 Å². The minimum Gasteiger partial charge on any atom is -0.497 e. The highest BCUT2D eigenvalue weighted by molar-refractivity contribution is 7.88. The second kappa shape index (κ2) is 6.97. The SMILES string of the molecule is COc1cccc(NC(=O)NC2CCCN(S(C)(=O)=O)C2)c1. The molecule has 1 aliphatic heterocycles. The van der Waals surface area contributed by atoms with Crippen LogP contribution in [0, 0.1) is 0 Å². The van der Waals surface area contributed by atoms with Crippen molar-refractivity contribution < 1.29 is 17.9 Å². The van der Waals surface area contributed by atoms with E-state index in [-0.39, 0.29) is 12.1 Å². The molecule has 0 spiro atoms. The Morgan fingerprint density at radius 2 is 2.18 bits per heavy atom. The van der Waals surface area contributed by atoms with Gasteiger partial charge in [0.15, 0.2) is 0 Å². The molecule has 1 aromatic rings. The predicted molar refractivity (Wildman–Crippen MR) is 84.6 cm³/mol. The van der Waals surface area contributed by atoms with E-state index in [0.29, 0.717) is 24.5 Å². The van der Waals surface area contributed by atoms with E-state index in [1.54, 1.807) is 31.4 Å². The minimum atomic E-state index is -3.22. The van der Waals surface area contributed by atoms with Gasteiger partial charge < -0.3 is 15.4 Å². The summed E-state index contributed by atoms with van der Waals surface area (Å²) in [5.41, 5.74) is 0.618. The second-order valence-electron chi connectivity index (χ2n) is 5.29. The van der Waals surface area contributed by atoms with Crippen LogP contribution in [0.4, 0.5) is 10.5 Å². The summed E-state index contributed by atoms with van der Waals surface area (Å²) < 4.78 is 29.6. The molecule has 1 fully saturated rings. The van der Waals surface area contributed by atoms with Crippen molar-refractivity contribution in [1.29, 1.82) is 0 Å². The number of carbonyl (C=O) groups excluding carboxylic acids is 1. The van der Waals surface area contributed by atoms with Crippen LogP contribution in [0.3, 0.4) is 0 Å². The average molecular weight is 327 g/mol. The van der Waals surface area contributed by atoms with Crippen LogP contribution in [0.5, 0.6) is 5.75 Å². The van der Waals surface area contributed by atoms with Crippen molar-refractivity contribution in [3.63, 3.8) is 0 Å². The maximum Gasteiger partial charge on any atom is 0.319 e. The van der Waals surface area contributed by atoms with Crippen LogP contribution in [0.2, 0.25) is 0 Å². The van der Waals surface area contributed by atoms with Gasteiger partial charge >= 0.3 is 6.03 Å². The highest BCUT2D eigenvalue weighted by Crippen LogP contribution is 2.17. The molecule has 1 aliphatic rings. The largest absolute Gasteiger partial charge is 0.497 e. The summed E-state index contributed by atoms with van der Waals surface area (Å²) in [4.78, 5) is 12.0. The van der Waals surface area contributed by atoms with Crippen LogP contribution >= 0.6 is 0 Å². The molecule has 1 unspecified atom stereocenters. The molecule has 0 saturated carbocycles. The van der Waals surface area contributed by atoms with Crippen molar-refractivity contribution in [2.24, 2.45) is 0 Å². The molecule has 1 saturated heterocycles. The fourth-order valence-electron chi connectivity index (χ4n) is 2.41. The summed E-state index contributed by atoms with van der Waals surface area (Å²) >= 11 is 0. The van der Waals surface area contributed by atoms with E-state index in [0.717, 1.165) is 12.8 Å². The highest BCUT2D eigenvalue weighted by Gasteiger charge is 2.26. The topological polar surface area (TPSA) is 87.7 Å². The Balaban J connectivity index is 1.91. The Labute approximate surface area is 130 Å². The molecule has 2 amide bonds. The lowest BCUT2D eigenvalue weighted by atomic mass is 10.1. The number of methoxy groups -OCH3 is 1. The summed E-state index contributed by atoms with van der Waals surface area (Å²) in [6.07, 6.45) is 2.68. The molecule has 2 rings (SSSR count). The van der Waals surface area contributed by atoms with Crippen molar-refractivity contribution in [2.45, 2.75) is 18.9 Å². The van der Waals surface area contributed by atoms with Gasteiger partial charge in [0.1, 0.15) is 5.75 Å². The molecule has 122 valence electrons. The average Bonchev–Trinajstić information content (AvgIpc) is 2.46. The number of benzene rings is 1. The number of nitrogens with one attached hydrogen (secondary N) is 2. The number of nitrogens with zero attached hydrogens (tertiary/aromatic N) is 1. The third-order valence-electron chi connectivity index (χ3n) is 3.52. The standard InChI is InChI=1S/C14H21N3O4S/c1-21-13-7-3-5-11(9-13)15-14(18)16-12-6-4-8-17(10-12)22(2,19)20/h3,5,7,9,12H,4,6,8,10H2,1-2H3,(H2,15,16,18). The fourth-order valence-corrected chi connectivity index (χ4v) is 3.33. The first-order chi connectivity index (χ1) is 10.4. The molecule has 0 aliphatic carbocycles. The number of carbonyl (C=O) groups is 1. The summed E-state index contributed by atoms with van der Waals surface area (Å²) in [5.74, 6) is 0.652. The maximum absolute atomic E-state index is 12.0. The van der Waals surface area contributed by atoms with Crippen molar-refractivity contribution in [1.82, 2.24) is 9.62 Å². The zero-order valence-corrected chi connectivity index (χ0v) is 13.5. The molecule has 22 heavy (non-hydrogen) atoms. The monoisotopic (exact) mass is 327 g/mol. The predicted octanol–water partition coefficient (Wildman–Crippen LogP) is 1.24. The summed E-state index contributed by atoms with van der Waals surface area (Å²) in [5, 5.41) is 5.53. The first kappa shape index (κ1) is 16.6. The highest BCUT2D eigenvalue weighted by atomic mass is 32.2. The number of anilines is 1. The van der Waals surface area contributed by atoms with Gasteiger partial charge in [-0.1, -0.05) is 6.07 Å². The van der Waals surface area contributed by atoms with Crippen molar-refractivity contribution >= 4 is 21.7 Å². The van der Waals surface area contributed by atoms with E-state index < -0.39 is 10.0 Å². The van der Waals surface area contributed by atoms with Gasteiger partial charge in [-0.2, -0.15) is 0 Å². The van der Waals surface area contributed by atoms with Gasteiger partial charge in [-0.15, -0.1) is 0 Å². The number of sulfonamides is 1. The first-order valence-corrected chi connectivity index (χ1v) is 8.90. The van der Waals surface area contributed by atoms with Gasteiger partial charge in [0.2, 0.25) is 10.0 Å². The van der Waals surface area contributed by atoms with Crippen LogP contribution in [0.1, 0.15) is 12.8 Å². The van der Waals surface area contributed by atoms with Gasteiger partial charge in [-0.25, -0.2) is 17.5 Å². The van der Waals surface area contributed by atoms with E-state index in [9.17, 15) is 13.2 Å². The maximum atomic E-state index is 12.0. The fraction of sp³-hybridized carbons (Fsp3) is 0.500. The molecule has 0 radical (unpaired) electrons. The van der Waals surface area contributed by atoms with Gasteiger partial charge in [-0.3, -0.25) is 0 Å². The van der Waals surface area contributed by atoms with Gasteiger partial charge in [0.05, 0.1) is 13.4 Å². The molecular formula is C14H21N3O4S. The quantitative estimate of drug-likeness (QED) is 0.871. The third kappa shape index (κ3) is 4.60. The molecule has 2 N–H and O–H groups in total. The Hall–Kier alpha value is -1.80. The van der Waals surface area contributed by atoms with E-state index in [4.69, 9.17) is 4.74 Å². The lowest BCUT2D eigenvalue weighted by Gasteiger charge is -2.31. The second-order valence-corrected chi connectivity index (χ2v) is 7.27. The van der Waals surface area contributed by atoms with E-state index >= 15 is 0 Å². The summed E-state index contributed by atoms with van der Waals surface area (Å²) in [6, 6.07) is 6.49. The van der Waals surface area contributed by atoms with Crippen LogP contribution < -0.4 is 15.4 Å². The van der Waals surface area contributed by atoms with Gasteiger partial charge in [0, 0.05) is 30.9 Å². The molecular weight excluding hydrogens is 306 g/mol. The normalized spacial score (nSPS) is 19.5. The van der Waals surface area contributed by atoms with Crippen LogP contribution in [-0.4, -0.2) is 51.3 Å². The molecule has 1 heterocycles. The Kier molecular flexibility index (Phi) is 5.25. The van der Waals surface area contributed by atoms with Crippen molar-refractivity contribution in [2.75, 3.05) is 31.8 Å². The third-order valence-corrected chi connectivity index (χ3v) is 4.79. The van der Waals surface area contributed by atoms with Gasteiger partial charge in [0.25, 0.3) is 0 Å². The Bertz CT molecular complexity index is 633. The zero-order chi connectivity index (χ0) is 16.2. The summed E-state index contributed by atoms with van der Waals surface area (Å²) in [6.45, 7) is 0.818. The summed E-state index contributed by atoms with van der Waals surface area (Å²) in [7, 11) is -1.66. The Morgan fingerprint density at radius 1 is 1.41 bits per heavy atom. The smallest absolute Gasteiger partial charge is 0.319 e. The Morgan fingerprint density at radius 3 is 2.86 bits per heavy atom. The molecule has 0 bridgehead atoms. The van der Waals surface area contributed by atoms with Crippen LogP contribution in [-0.2, 0) is 10.0 Å². The molecule has 7 nitrogen and oxygen atoms in total. The number of piperidine rings is 1. The van der Waals surface area contributed by atoms with Crippen LogP contribution in [0.25, 0.3) is 0 Å². The first-order valence-electron chi connectivity index (χ1n) is 7.05.